The smallest absolute Gasteiger partial charge is 0.271 e. The van der Waals surface area contributed by atoms with E-state index in [0.717, 1.165) is 50.9 Å². The second-order valence-corrected chi connectivity index (χ2v) is 9.83. The molecular weight excluding hydrogens is 416 g/mol. The van der Waals surface area contributed by atoms with E-state index in [-0.39, 0.29) is 17.6 Å². The number of aromatic nitrogens is 2. The summed E-state index contributed by atoms with van der Waals surface area (Å²) >= 11 is 0. The fourth-order valence-corrected chi connectivity index (χ4v) is 4.54. The summed E-state index contributed by atoms with van der Waals surface area (Å²) in [6.45, 7) is 6.83. The molecule has 1 aromatic heterocycles. The van der Waals surface area contributed by atoms with Crippen molar-refractivity contribution >= 4 is 5.91 Å². The van der Waals surface area contributed by atoms with Crippen LogP contribution in [-0.4, -0.2) is 62.6 Å². The summed E-state index contributed by atoms with van der Waals surface area (Å²) in [4.78, 5) is 14.7. The third kappa shape index (κ3) is 6.44. The van der Waals surface area contributed by atoms with Gasteiger partial charge in [0.15, 0.2) is 0 Å². The number of benzene rings is 1. The summed E-state index contributed by atoms with van der Waals surface area (Å²) in [7, 11) is 1.80. The Morgan fingerprint density at radius 3 is 2.61 bits per heavy atom. The Bertz CT molecular complexity index is 1020. The molecule has 7 nitrogen and oxygen atoms in total. The maximum Gasteiger partial charge on any atom is 0.271 e. The van der Waals surface area contributed by atoms with Gasteiger partial charge in [0.1, 0.15) is 11.3 Å². The molecule has 2 aliphatic rings. The van der Waals surface area contributed by atoms with E-state index in [4.69, 9.17) is 4.74 Å². The van der Waals surface area contributed by atoms with Crippen LogP contribution in [0.25, 0.3) is 0 Å². The van der Waals surface area contributed by atoms with Crippen molar-refractivity contribution in [2.45, 2.75) is 63.4 Å². The van der Waals surface area contributed by atoms with Gasteiger partial charge in [-0.25, -0.2) is 0 Å². The number of ether oxygens (including phenoxy) is 1. The molecule has 2 aliphatic heterocycles. The van der Waals surface area contributed by atoms with Crippen LogP contribution in [0.1, 0.15) is 61.1 Å². The highest BCUT2D eigenvalue weighted by molar-refractivity contribution is 5.92. The van der Waals surface area contributed by atoms with Gasteiger partial charge >= 0.3 is 0 Å². The monoisotopic (exact) mass is 450 g/mol. The molecule has 1 spiro atoms. The predicted molar refractivity (Wildman–Crippen MR) is 127 cm³/mol. The molecule has 7 heteroatoms. The number of amides is 1. The van der Waals surface area contributed by atoms with Crippen molar-refractivity contribution in [1.82, 2.24) is 20.0 Å². The van der Waals surface area contributed by atoms with Gasteiger partial charge in [0.2, 0.25) is 0 Å². The highest BCUT2D eigenvalue weighted by atomic mass is 16.5. The highest BCUT2D eigenvalue weighted by Crippen LogP contribution is 2.39. The minimum atomic E-state index is -0.978. The summed E-state index contributed by atoms with van der Waals surface area (Å²) in [5, 5.41) is 16.9. The van der Waals surface area contributed by atoms with Crippen molar-refractivity contribution in [3.63, 3.8) is 0 Å². The van der Waals surface area contributed by atoms with Crippen molar-refractivity contribution in [2.24, 2.45) is 7.05 Å². The average Bonchev–Trinajstić information content (AvgIpc) is 3.39. The van der Waals surface area contributed by atoms with Crippen molar-refractivity contribution in [3.05, 3.63) is 53.3 Å². The van der Waals surface area contributed by atoms with E-state index in [1.807, 2.05) is 12.1 Å². The Balaban J connectivity index is 1.22. The largest absolute Gasteiger partial charge is 0.378 e. The van der Waals surface area contributed by atoms with Crippen LogP contribution in [0, 0.1) is 11.8 Å². The number of aryl methyl sites for hydroxylation is 1. The molecule has 4 rings (SSSR count). The number of hydrogen-bond acceptors (Lipinski definition) is 5. The summed E-state index contributed by atoms with van der Waals surface area (Å²) < 4.78 is 8.08. The molecule has 2 aromatic rings. The number of carbonyl (C=O) groups is 1. The van der Waals surface area contributed by atoms with Crippen LogP contribution in [-0.2, 0) is 18.3 Å². The molecule has 0 aliphatic carbocycles. The summed E-state index contributed by atoms with van der Waals surface area (Å²) in [5.74, 6) is 5.72. The van der Waals surface area contributed by atoms with Crippen LogP contribution in [0.2, 0.25) is 0 Å². The highest BCUT2D eigenvalue weighted by Gasteiger charge is 2.42. The van der Waals surface area contributed by atoms with Crippen LogP contribution < -0.4 is 5.32 Å². The van der Waals surface area contributed by atoms with Gasteiger partial charge in [-0.2, -0.15) is 5.10 Å². The van der Waals surface area contributed by atoms with Crippen LogP contribution in [0.4, 0.5) is 0 Å². The summed E-state index contributed by atoms with van der Waals surface area (Å²) in [5.41, 5.74) is 1.60. The normalized spacial score (nSPS) is 20.4. The first kappa shape index (κ1) is 23.5. The number of likely N-dealkylation sites (tertiary alicyclic amines) is 1. The first-order valence-electron chi connectivity index (χ1n) is 11.7. The maximum atomic E-state index is 12.2. The van der Waals surface area contributed by atoms with E-state index >= 15 is 0 Å². The molecule has 176 valence electrons. The molecule has 33 heavy (non-hydrogen) atoms. The number of nitrogens with zero attached hydrogens (tertiary/aromatic N) is 3. The molecule has 1 atom stereocenters. The second kappa shape index (κ2) is 9.68. The lowest BCUT2D eigenvalue weighted by atomic mass is 9.88. The molecule has 0 radical (unpaired) electrons. The van der Waals surface area contributed by atoms with E-state index in [9.17, 15) is 9.90 Å². The SMILES string of the molecule is Cn1ccc(C(=O)NCC2CCC3(CCN(Cc4ccc(C#CC(C)(C)O)cc4)CC3)O2)n1. The molecule has 1 aromatic carbocycles. The van der Waals surface area contributed by atoms with E-state index in [0.29, 0.717) is 12.2 Å². The summed E-state index contributed by atoms with van der Waals surface area (Å²) in [6.07, 6.45) is 5.92. The molecule has 1 unspecified atom stereocenters. The van der Waals surface area contributed by atoms with E-state index in [1.165, 1.54) is 5.56 Å². The number of aliphatic hydroxyl groups is 1. The number of hydrogen-bond donors (Lipinski definition) is 2. The van der Waals surface area contributed by atoms with Gasteiger partial charge < -0.3 is 15.2 Å². The zero-order valence-corrected chi connectivity index (χ0v) is 19.8. The van der Waals surface area contributed by atoms with Gasteiger partial charge in [0.25, 0.3) is 5.91 Å². The van der Waals surface area contributed by atoms with Crippen LogP contribution in [0.3, 0.4) is 0 Å². The molecule has 3 heterocycles. The van der Waals surface area contributed by atoms with Crippen LogP contribution in [0.5, 0.6) is 0 Å². The molecule has 0 bridgehead atoms. The van der Waals surface area contributed by atoms with Gasteiger partial charge in [0, 0.05) is 45.0 Å². The zero-order valence-electron chi connectivity index (χ0n) is 19.8. The van der Waals surface area contributed by atoms with Crippen molar-refractivity contribution < 1.29 is 14.6 Å². The third-order valence-corrected chi connectivity index (χ3v) is 6.42. The average molecular weight is 451 g/mol. The van der Waals surface area contributed by atoms with E-state index in [1.54, 1.807) is 37.8 Å². The number of carbonyl (C=O) groups excluding carboxylic acids is 1. The van der Waals surface area contributed by atoms with Gasteiger partial charge in [0.05, 0.1) is 11.7 Å². The van der Waals surface area contributed by atoms with Crippen molar-refractivity contribution in [3.8, 4) is 11.8 Å². The lowest BCUT2D eigenvalue weighted by Crippen LogP contribution is -2.44. The fraction of sp³-hybridized carbons (Fsp3) is 0.538. The molecule has 1 amide bonds. The standard InChI is InChI=1S/C26H34N4O3/c1-25(2,32)11-8-20-4-6-21(7-5-20)19-30-16-13-26(14-17-30)12-9-22(33-26)18-27-24(31)23-10-15-29(3)28-23/h4-7,10,15,22,32H,9,12-14,16-19H2,1-3H3,(H,27,31). The topological polar surface area (TPSA) is 79.6 Å². The van der Waals surface area contributed by atoms with E-state index in [2.05, 4.69) is 39.3 Å². The lowest BCUT2D eigenvalue weighted by molar-refractivity contribution is -0.0764. The Hall–Kier alpha value is -2.66. The first-order chi connectivity index (χ1) is 15.7. The third-order valence-electron chi connectivity index (χ3n) is 6.42. The number of nitrogens with one attached hydrogen (secondary N) is 1. The Morgan fingerprint density at radius 2 is 1.97 bits per heavy atom. The Kier molecular flexibility index (Phi) is 6.89. The van der Waals surface area contributed by atoms with Gasteiger partial charge in [-0.3, -0.25) is 14.4 Å². The zero-order chi connectivity index (χ0) is 23.5. The minimum Gasteiger partial charge on any atom is -0.378 e. The second-order valence-electron chi connectivity index (χ2n) is 9.83. The predicted octanol–water partition coefficient (Wildman–Crippen LogP) is 2.49. The lowest BCUT2D eigenvalue weighted by Gasteiger charge is -2.39. The molecule has 2 N–H and O–H groups in total. The first-order valence-corrected chi connectivity index (χ1v) is 11.7. The Labute approximate surface area is 196 Å². The Morgan fingerprint density at radius 1 is 1.24 bits per heavy atom. The van der Waals surface area contributed by atoms with E-state index < -0.39 is 5.60 Å². The summed E-state index contributed by atoms with van der Waals surface area (Å²) in [6, 6.07) is 9.99. The molecular formula is C26H34N4O3. The fourth-order valence-electron chi connectivity index (χ4n) is 4.54. The number of rotatable bonds is 5. The maximum absolute atomic E-state index is 12.2. The van der Waals surface area contributed by atoms with Crippen molar-refractivity contribution in [1.29, 1.82) is 0 Å². The molecule has 2 saturated heterocycles. The van der Waals surface area contributed by atoms with Gasteiger partial charge in [-0.05, 0) is 63.3 Å². The van der Waals surface area contributed by atoms with Crippen LogP contribution in [0.15, 0.2) is 36.5 Å². The molecule has 2 fully saturated rings. The molecule has 0 saturated carbocycles. The van der Waals surface area contributed by atoms with Crippen molar-refractivity contribution in [2.75, 3.05) is 19.6 Å². The van der Waals surface area contributed by atoms with Crippen LogP contribution >= 0.6 is 0 Å². The van der Waals surface area contributed by atoms with Gasteiger partial charge in [-0.15, -0.1) is 0 Å². The van der Waals surface area contributed by atoms with Gasteiger partial charge in [-0.1, -0.05) is 24.0 Å². The quantitative estimate of drug-likeness (QED) is 0.685. The minimum absolute atomic E-state index is 0.0482. The number of piperidine rings is 1.